The highest BCUT2D eigenvalue weighted by atomic mass is 16.2. The lowest BCUT2D eigenvalue weighted by atomic mass is 10.2. The van der Waals surface area contributed by atoms with Crippen molar-refractivity contribution in [2.75, 3.05) is 32.7 Å². The number of rotatable bonds is 4. The lowest BCUT2D eigenvalue weighted by Crippen LogP contribution is -2.50. The SMILES string of the molecule is Cn1c(C(=O)N2CCN(C/C=C/c3ccccc3)CC2)cc(=O)n(C)c1=O. The number of hydrogen-bond donors (Lipinski definition) is 0. The van der Waals surface area contributed by atoms with E-state index in [0.717, 1.165) is 29.8 Å². The van der Waals surface area contributed by atoms with E-state index in [4.69, 9.17) is 0 Å². The van der Waals surface area contributed by atoms with E-state index in [2.05, 4.69) is 29.2 Å². The fourth-order valence-electron chi connectivity index (χ4n) is 3.14. The molecule has 0 bridgehead atoms. The molecule has 1 amide bonds. The average Bonchev–Trinajstić information content (AvgIpc) is 2.70. The van der Waals surface area contributed by atoms with Crippen LogP contribution in [0.2, 0.25) is 0 Å². The summed E-state index contributed by atoms with van der Waals surface area (Å²) in [5, 5.41) is 0. The number of hydrogen-bond acceptors (Lipinski definition) is 4. The van der Waals surface area contributed by atoms with Gasteiger partial charge in [0.15, 0.2) is 0 Å². The Morgan fingerprint density at radius 3 is 2.33 bits per heavy atom. The first-order valence-corrected chi connectivity index (χ1v) is 8.97. The van der Waals surface area contributed by atoms with Crippen molar-refractivity contribution in [1.29, 1.82) is 0 Å². The van der Waals surface area contributed by atoms with Crippen molar-refractivity contribution in [3.8, 4) is 0 Å². The van der Waals surface area contributed by atoms with Crippen LogP contribution in [0.15, 0.2) is 52.1 Å². The Balaban J connectivity index is 1.59. The summed E-state index contributed by atoms with van der Waals surface area (Å²) < 4.78 is 2.23. The molecule has 1 aromatic carbocycles. The van der Waals surface area contributed by atoms with Gasteiger partial charge in [-0.2, -0.15) is 0 Å². The Bertz CT molecular complexity index is 951. The molecule has 0 radical (unpaired) electrons. The first-order chi connectivity index (χ1) is 13.0. The molecule has 0 aliphatic carbocycles. The molecule has 0 unspecified atom stereocenters. The highest BCUT2D eigenvalue weighted by Gasteiger charge is 2.24. The van der Waals surface area contributed by atoms with Crippen molar-refractivity contribution < 1.29 is 4.79 Å². The quantitative estimate of drug-likeness (QED) is 0.791. The molecular weight excluding hydrogens is 344 g/mol. The van der Waals surface area contributed by atoms with Gasteiger partial charge in [0.05, 0.1) is 0 Å². The van der Waals surface area contributed by atoms with E-state index in [1.807, 2.05) is 18.2 Å². The van der Waals surface area contributed by atoms with Crippen molar-refractivity contribution in [1.82, 2.24) is 18.9 Å². The van der Waals surface area contributed by atoms with Gasteiger partial charge in [-0.15, -0.1) is 0 Å². The van der Waals surface area contributed by atoms with Crippen LogP contribution < -0.4 is 11.2 Å². The first-order valence-electron chi connectivity index (χ1n) is 8.97. The summed E-state index contributed by atoms with van der Waals surface area (Å²) in [5.74, 6) is -0.272. The van der Waals surface area contributed by atoms with Gasteiger partial charge in [0.2, 0.25) is 0 Å². The summed E-state index contributed by atoms with van der Waals surface area (Å²) in [4.78, 5) is 40.6. The minimum absolute atomic E-state index is 0.139. The van der Waals surface area contributed by atoms with Crippen molar-refractivity contribution >= 4 is 12.0 Å². The fourth-order valence-corrected chi connectivity index (χ4v) is 3.14. The summed E-state index contributed by atoms with van der Waals surface area (Å²) >= 11 is 0. The second kappa shape index (κ2) is 8.18. The molecule has 2 heterocycles. The molecule has 1 aliphatic heterocycles. The van der Waals surface area contributed by atoms with Gasteiger partial charge in [0.25, 0.3) is 11.5 Å². The van der Waals surface area contributed by atoms with E-state index in [1.54, 1.807) is 4.90 Å². The number of benzene rings is 1. The topological polar surface area (TPSA) is 67.6 Å². The molecule has 1 saturated heterocycles. The molecule has 0 N–H and O–H groups in total. The van der Waals surface area contributed by atoms with Crippen LogP contribution in [0.4, 0.5) is 0 Å². The molecule has 1 aromatic heterocycles. The molecule has 3 rings (SSSR count). The summed E-state index contributed by atoms with van der Waals surface area (Å²) in [6, 6.07) is 11.4. The van der Waals surface area contributed by atoms with Crippen LogP contribution >= 0.6 is 0 Å². The Labute approximate surface area is 157 Å². The second-order valence-electron chi connectivity index (χ2n) is 6.67. The summed E-state index contributed by atoms with van der Waals surface area (Å²) in [6.07, 6.45) is 4.21. The van der Waals surface area contributed by atoms with E-state index in [9.17, 15) is 14.4 Å². The summed E-state index contributed by atoms with van der Waals surface area (Å²) in [7, 11) is 2.92. The van der Waals surface area contributed by atoms with Crippen LogP contribution in [-0.2, 0) is 14.1 Å². The zero-order valence-corrected chi connectivity index (χ0v) is 15.7. The Morgan fingerprint density at radius 1 is 1.00 bits per heavy atom. The number of carbonyl (C=O) groups is 1. The van der Waals surface area contributed by atoms with Crippen LogP contribution in [-0.4, -0.2) is 57.6 Å². The second-order valence-corrected chi connectivity index (χ2v) is 6.67. The lowest BCUT2D eigenvalue weighted by molar-refractivity contribution is 0.0638. The number of carbonyl (C=O) groups excluding carboxylic acids is 1. The standard InChI is InChI=1S/C20H24N4O3/c1-21-17(15-18(25)22(2)20(21)27)19(26)24-13-11-23(12-14-24)10-6-9-16-7-4-3-5-8-16/h3-9,15H,10-14H2,1-2H3/b9-6+. The van der Waals surface area contributed by atoms with Gasteiger partial charge >= 0.3 is 5.69 Å². The Kier molecular flexibility index (Phi) is 5.71. The van der Waals surface area contributed by atoms with Crippen LogP contribution in [0.5, 0.6) is 0 Å². The number of nitrogens with zero attached hydrogens (tertiary/aromatic N) is 4. The van der Waals surface area contributed by atoms with E-state index >= 15 is 0 Å². The van der Waals surface area contributed by atoms with Crippen LogP contribution in [0.3, 0.4) is 0 Å². The van der Waals surface area contributed by atoms with E-state index in [-0.39, 0.29) is 11.6 Å². The number of piperazine rings is 1. The van der Waals surface area contributed by atoms with E-state index in [0.29, 0.717) is 13.1 Å². The Morgan fingerprint density at radius 2 is 1.67 bits per heavy atom. The summed E-state index contributed by atoms with van der Waals surface area (Å²) in [6.45, 7) is 3.47. The number of amides is 1. The fraction of sp³-hybridized carbons (Fsp3) is 0.350. The average molecular weight is 368 g/mol. The third-order valence-corrected chi connectivity index (χ3v) is 4.88. The molecule has 0 spiro atoms. The minimum Gasteiger partial charge on any atom is -0.335 e. The molecular formula is C20H24N4O3. The zero-order valence-electron chi connectivity index (χ0n) is 15.7. The molecule has 7 heteroatoms. The van der Waals surface area contributed by atoms with Crippen molar-refractivity contribution in [3.63, 3.8) is 0 Å². The van der Waals surface area contributed by atoms with Gasteiger partial charge in [0.1, 0.15) is 5.69 Å². The van der Waals surface area contributed by atoms with Crippen molar-refractivity contribution in [2.24, 2.45) is 14.1 Å². The molecule has 7 nitrogen and oxygen atoms in total. The molecule has 142 valence electrons. The third-order valence-electron chi connectivity index (χ3n) is 4.88. The maximum Gasteiger partial charge on any atom is 0.331 e. The lowest BCUT2D eigenvalue weighted by Gasteiger charge is -2.34. The maximum absolute atomic E-state index is 12.7. The summed E-state index contributed by atoms with van der Waals surface area (Å²) in [5.41, 5.74) is 0.347. The predicted molar refractivity (Wildman–Crippen MR) is 105 cm³/mol. The van der Waals surface area contributed by atoms with Gasteiger partial charge in [-0.05, 0) is 5.56 Å². The van der Waals surface area contributed by atoms with E-state index in [1.165, 1.54) is 24.7 Å². The minimum atomic E-state index is -0.490. The maximum atomic E-state index is 12.7. The molecule has 1 aliphatic rings. The predicted octanol–water partition coefficient (Wildman–Crippen LogP) is 0.555. The largest absolute Gasteiger partial charge is 0.335 e. The molecule has 2 aromatic rings. The monoisotopic (exact) mass is 368 g/mol. The molecule has 27 heavy (non-hydrogen) atoms. The van der Waals surface area contributed by atoms with Gasteiger partial charge < -0.3 is 4.90 Å². The molecule has 0 saturated carbocycles. The van der Waals surface area contributed by atoms with E-state index < -0.39 is 11.2 Å². The van der Waals surface area contributed by atoms with Gasteiger partial charge in [-0.25, -0.2) is 4.79 Å². The van der Waals surface area contributed by atoms with Gasteiger partial charge in [-0.3, -0.25) is 23.6 Å². The third kappa shape index (κ3) is 4.25. The normalized spacial score (nSPS) is 15.4. The first kappa shape index (κ1) is 18.8. The van der Waals surface area contributed by atoms with Crippen LogP contribution in [0.1, 0.15) is 16.1 Å². The van der Waals surface area contributed by atoms with Gasteiger partial charge in [-0.1, -0.05) is 42.5 Å². The van der Waals surface area contributed by atoms with Crippen molar-refractivity contribution in [3.05, 3.63) is 74.6 Å². The Hall–Kier alpha value is -2.93. The highest BCUT2D eigenvalue weighted by Crippen LogP contribution is 2.07. The van der Waals surface area contributed by atoms with Crippen LogP contribution in [0, 0.1) is 0 Å². The molecule has 0 atom stereocenters. The number of aromatic nitrogens is 2. The van der Waals surface area contributed by atoms with Crippen molar-refractivity contribution in [2.45, 2.75) is 0 Å². The van der Waals surface area contributed by atoms with Crippen LogP contribution in [0.25, 0.3) is 6.08 Å². The highest BCUT2D eigenvalue weighted by molar-refractivity contribution is 5.92. The van der Waals surface area contributed by atoms with Gasteiger partial charge in [0, 0.05) is 52.9 Å². The zero-order chi connectivity index (χ0) is 19.4. The molecule has 1 fully saturated rings. The smallest absolute Gasteiger partial charge is 0.331 e.